The fourth-order valence-electron chi connectivity index (χ4n) is 1.41. The summed E-state index contributed by atoms with van der Waals surface area (Å²) < 4.78 is 1.49. The monoisotopic (exact) mass is 403 g/mol. The van der Waals surface area contributed by atoms with Crippen molar-refractivity contribution < 1.29 is 4.79 Å². The standard InChI is InChI=1S/C12H8Br2ClN3O/c13-6-1-2-9(15)10(4-6)18-12(19)8-3-7(14)5-17-11(8)16/h1-5H,(H2,16,17)(H,18,19). The highest BCUT2D eigenvalue weighted by Gasteiger charge is 2.13. The highest BCUT2D eigenvalue weighted by Crippen LogP contribution is 2.26. The minimum Gasteiger partial charge on any atom is -0.383 e. The van der Waals surface area contributed by atoms with Crippen molar-refractivity contribution in [2.24, 2.45) is 0 Å². The maximum atomic E-state index is 12.1. The molecule has 0 unspecified atom stereocenters. The number of hydrogen-bond donors (Lipinski definition) is 2. The van der Waals surface area contributed by atoms with Crippen molar-refractivity contribution in [1.29, 1.82) is 0 Å². The van der Waals surface area contributed by atoms with E-state index in [1.54, 1.807) is 24.3 Å². The molecule has 1 amide bonds. The molecule has 0 atom stereocenters. The van der Waals surface area contributed by atoms with Gasteiger partial charge in [0.1, 0.15) is 5.82 Å². The van der Waals surface area contributed by atoms with Gasteiger partial charge in [-0.1, -0.05) is 27.5 Å². The normalized spacial score (nSPS) is 10.3. The number of rotatable bonds is 2. The van der Waals surface area contributed by atoms with E-state index in [9.17, 15) is 4.79 Å². The topological polar surface area (TPSA) is 68.0 Å². The van der Waals surface area contributed by atoms with Gasteiger partial charge in [0.2, 0.25) is 0 Å². The Kier molecular flexibility index (Phi) is 4.44. The molecule has 0 aliphatic heterocycles. The Bertz CT molecular complexity index is 649. The van der Waals surface area contributed by atoms with Crippen LogP contribution in [0.1, 0.15) is 10.4 Å². The molecule has 2 rings (SSSR count). The average molecular weight is 405 g/mol. The lowest BCUT2D eigenvalue weighted by atomic mass is 10.2. The summed E-state index contributed by atoms with van der Waals surface area (Å²) >= 11 is 12.6. The van der Waals surface area contributed by atoms with E-state index in [2.05, 4.69) is 42.2 Å². The molecule has 4 nitrogen and oxygen atoms in total. The summed E-state index contributed by atoms with van der Waals surface area (Å²) in [5, 5.41) is 3.14. The van der Waals surface area contributed by atoms with Gasteiger partial charge < -0.3 is 11.1 Å². The molecule has 1 aromatic carbocycles. The smallest absolute Gasteiger partial charge is 0.259 e. The summed E-state index contributed by atoms with van der Waals surface area (Å²) in [5.41, 5.74) is 6.46. The Morgan fingerprint density at radius 1 is 1.26 bits per heavy atom. The Morgan fingerprint density at radius 2 is 2.00 bits per heavy atom. The van der Waals surface area contributed by atoms with E-state index in [0.29, 0.717) is 15.2 Å². The van der Waals surface area contributed by atoms with Crippen LogP contribution < -0.4 is 11.1 Å². The molecule has 0 saturated carbocycles. The van der Waals surface area contributed by atoms with Crippen LogP contribution in [0.25, 0.3) is 0 Å². The molecule has 0 saturated heterocycles. The van der Waals surface area contributed by atoms with Crippen molar-refractivity contribution in [3.8, 4) is 0 Å². The maximum Gasteiger partial charge on any atom is 0.259 e. The number of nitrogens with two attached hydrogens (primary N) is 1. The van der Waals surface area contributed by atoms with Gasteiger partial charge >= 0.3 is 0 Å². The first-order chi connectivity index (χ1) is 8.97. The fraction of sp³-hybridized carbons (Fsp3) is 0. The van der Waals surface area contributed by atoms with E-state index in [1.165, 1.54) is 6.20 Å². The molecule has 0 aliphatic rings. The minimum atomic E-state index is -0.369. The summed E-state index contributed by atoms with van der Waals surface area (Å²) in [6, 6.07) is 6.78. The van der Waals surface area contributed by atoms with Crippen molar-refractivity contribution >= 4 is 60.9 Å². The molecule has 0 radical (unpaired) electrons. The van der Waals surface area contributed by atoms with E-state index in [0.717, 1.165) is 4.47 Å². The van der Waals surface area contributed by atoms with Gasteiger partial charge in [-0.3, -0.25) is 4.79 Å². The number of benzene rings is 1. The first-order valence-corrected chi connectivity index (χ1v) is 7.11. The van der Waals surface area contributed by atoms with Crippen LogP contribution in [0.15, 0.2) is 39.4 Å². The van der Waals surface area contributed by atoms with Crippen LogP contribution in [-0.2, 0) is 0 Å². The number of amides is 1. The number of carbonyl (C=O) groups excluding carboxylic acids is 1. The number of carbonyl (C=O) groups is 1. The zero-order valence-electron chi connectivity index (χ0n) is 9.45. The van der Waals surface area contributed by atoms with Gasteiger partial charge in [0.15, 0.2) is 0 Å². The minimum absolute atomic E-state index is 0.159. The molecule has 0 bridgehead atoms. The molecule has 0 fully saturated rings. The molecule has 7 heteroatoms. The largest absolute Gasteiger partial charge is 0.383 e. The first kappa shape index (κ1) is 14.3. The highest BCUT2D eigenvalue weighted by atomic mass is 79.9. The highest BCUT2D eigenvalue weighted by molar-refractivity contribution is 9.10. The van der Waals surface area contributed by atoms with Gasteiger partial charge in [-0.15, -0.1) is 0 Å². The lowest BCUT2D eigenvalue weighted by Crippen LogP contribution is -2.15. The second-order valence-corrected chi connectivity index (χ2v) is 5.90. The lowest BCUT2D eigenvalue weighted by Gasteiger charge is -2.09. The van der Waals surface area contributed by atoms with Gasteiger partial charge in [0.05, 0.1) is 16.3 Å². The van der Waals surface area contributed by atoms with Crippen molar-refractivity contribution in [2.45, 2.75) is 0 Å². The molecule has 19 heavy (non-hydrogen) atoms. The summed E-state index contributed by atoms with van der Waals surface area (Å²) in [7, 11) is 0. The molecular weight excluding hydrogens is 397 g/mol. The number of aromatic nitrogens is 1. The number of pyridine rings is 1. The molecule has 0 spiro atoms. The summed E-state index contributed by atoms with van der Waals surface area (Å²) in [6.07, 6.45) is 1.53. The Balaban J connectivity index is 2.30. The third-order valence-electron chi connectivity index (χ3n) is 2.31. The van der Waals surface area contributed by atoms with Crippen LogP contribution in [0.3, 0.4) is 0 Å². The third-order valence-corrected chi connectivity index (χ3v) is 3.56. The zero-order valence-corrected chi connectivity index (χ0v) is 13.4. The average Bonchev–Trinajstić information content (AvgIpc) is 2.36. The SMILES string of the molecule is Nc1ncc(Br)cc1C(=O)Nc1cc(Br)ccc1Cl. The van der Waals surface area contributed by atoms with Crippen LogP contribution in [0.4, 0.5) is 11.5 Å². The predicted octanol–water partition coefficient (Wildman–Crippen LogP) is 4.09. The van der Waals surface area contributed by atoms with Crippen molar-refractivity contribution in [2.75, 3.05) is 11.1 Å². The maximum absolute atomic E-state index is 12.1. The van der Waals surface area contributed by atoms with Crippen LogP contribution >= 0.6 is 43.5 Å². The molecule has 3 N–H and O–H groups in total. The quantitative estimate of drug-likeness (QED) is 0.791. The number of hydrogen-bond acceptors (Lipinski definition) is 3. The summed E-state index contributed by atoms with van der Waals surface area (Å²) in [5.74, 6) is -0.210. The first-order valence-electron chi connectivity index (χ1n) is 5.15. The van der Waals surface area contributed by atoms with E-state index in [1.807, 2.05) is 0 Å². The van der Waals surface area contributed by atoms with Crippen LogP contribution in [0.2, 0.25) is 5.02 Å². The van der Waals surface area contributed by atoms with Crippen molar-refractivity contribution in [3.05, 3.63) is 50.0 Å². The van der Waals surface area contributed by atoms with Crippen molar-refractivity contribution in [3.63, 3.8) is 0 Å². The molecular formula is C12H8Br2ClN3O. The van der Waals surface area contributed by atoms with E-state index in [-0.39, 0.29) is 17.3 Å². The number of nitrogens with zero attached hydrogens (tertiary/aromatic N) is 1. The molecule has 2 aromatic rings. The fourth-order valence-corrected chi connectivity index (χ4v) is 2.27. The van der Waals surface area contributed by atoms with E-state index in [4.69, 9.17) is 17.3 Å². The van der Waals surface area contributed by atoms with Gasteiger partial charge in [-0.25, -0.2) is 4.98 Å². The lowest BCUT2D eigenvalue weighted by molar-refractivity contribution is 0.102. The van der Waals surface area contributed by atoms with E-state index < -0.39 is 0 Å². The van der Waals surface area contributed by atoms with Gasteiger partial charge in [-0.05, 0) is 40.2 Å². The zero-order chi connectivity index (χ0) is 14.0. The van der Waals surface area contributed by atoms with E-state index >= 15 is 0 Å². The second-order valence-electron chi connectivity index (χ2n) is 3.66. The predicted molar refractivity (Wildman–Crippen MR) is 83.5 cm³/mol. The summed E-state index contributed by atoms with van der Waals surface area (Å²) in [6.45, 7) is 0. The van der Waals surface area contributed by atoms with Crippen LogP contribution in [0, 0.1) is 0 Å². The molecule has 1 heterocycles. The third kappa shape index (κ3) is 3.46. The second kappa shape index (κ2) is 5.90. The van der Waals surface area contributed by atoms with Crippen LogP contribution in [-0.4, -0.2) is 10.9 Å². The Labute approximate surface area is 131 Å². The molecule has 0 aliphatic carbocycles. The molecule has 1 aromatic heterocycles. The van der Waals surface area contributed by atoms with Gasteiger partial charge in [0.25, 0.3) is 5.91 Å². The van der Waals surface area contributed by atoms with Gasteiger partial charge in [0, 0.05) is 15.1 Å². The summed E-state index contributed by atoms with van der Waals surface area (Å²) in [4.78, 5) is 16.0. The van der Waals surface area contributed by atoms with Crippen LogP contribution in [0.5, 0.6) is 0 Å². The number of anilines is 2. The number of halogens is 3. The van der Waals surface area contributed by atoms with Crippen molar-refractivity contribution in [1.82, 2.24) is 4.98 Å². The Morgan fingerprint density at radius 3 is 2.74 bits per heavy atom. The number of nitrogen functional groups attached to an aromatic ring is 1. The Hall–Kier alpha value is -1.11. The number of nitrogens with one attached hydrogen (secondary N) is 1. The van der Waals surface area contributed by atoms with Gasteiger partial charge in [-0.2, -0.15) is 0 Å². The molecule has 98 valence electrons.